The third-order valence-electron chi connectivity index (χ3n) is 3.57. The standard InChI is InChI=1S/C18H29N3/c1-4-5-6-10-20-13-16-8-7-9-18(11-16)21-14-17(12-19)15(2)3/h7-9,12,14,18-21H,2,4-6,10-11,13H2,1,3H3/b17-14+,19-12?. The van der Waals surface area contributed by atoms with Crippen molar-refractivity contribution >= 4 is 6.21 Å². The number of hydrogen-bond acceptors (Lipinski definition) is 3. The summed E-state index contributed by atoms with van der Waals surface area (Å²) in [6.07, 6.45) is 14.5. The fourth-order valence-electron chi connectivity index (χ4n) is 2.22. The van der Waals surface area contributed by atoms with Crippen LogP contribution in [0, 0.1) is 5.41 Å². The van der Waals surface area contributed by atoms with E-state index in [2.05, 4.69) is 42.4 Å². The van der Waals surface area contributed by atoms with E-state index in [1.54, 1.807) is 0 Å². The average Bonchev–Trinajstić information content (AvgIpc) is 2.48. The van der Waals surface area contributed by atoms with Crippen LogP contribution in [0.3, 0.4) is 0 Å². The third-order valence-corrected chi connectivity index (χ3v) is 3.57. The van der Waals surface area contributed by atoms with Crippen LogP contribution in [0.4, 0.5) is 0 Å². The predicted molar refractivity (Wildman–Crippen MR) is 92.8 cm³/mol. The Balaban J connectivity index is 2.35. The van der Waals surface area contributed by atoms with Crippen molar-refractivity contribution < 1.29 is 0 Å². The summed E-state index contributed by atoms with van der Waals surface area (Å²) in [4.78, 5) is 0. The molecule has 0 aromatic carbocycles. The van der Waals surface area contributed by atoms with Crippen LogP contribution in [-0.4, -0.2) is 25.3 Å². The number of rotatable bonds is 10. The van der Waals surface area contributed by atoms with Gasteiger partial charge in [-0.2, -0.15) is 0 Å². The van der Waals surface area contributed by atoms with Crippen molar-refractivity contribution in [2.45, 2.75) is 45.6 Å². The lowest BCUT2D eigenvalue weighted by molar-refractivity contribution is 0.612. The summed E-state index contributed by atoms with van der Waals surface area (Å²) in [5.41, 5.74) is 3.18. The Bertz CT molecular complexity index is 430. The van der Waals surface area contributed by atoms with E-state index in [9.17, 15) is 0 Å². The van der Waals surface area contributed by atoms with Gasteiger partial charge in [-0.05, 0) is 31.9 Å². The van der Waals surface area contributed by atoms with E-state index in [1.165, 1.54) is 31.1 Å². The quantitative estimate of drug-likeness (QED) is 0.326. The SMILES string of the molecule is C=C(C)/C(C=N)=C/NC1C=CC=C(CNCCCCC)C1. The zero-order valence-corrected chi connectivity index (χ0v) is 13.4. The van der Waals surface area contributed by atoms with Gasteiger partial charge in [0, 0.05) is 30.6 Å². The molecule has 1 atom stereocenters. The van der Waals surface area contributed by atoms with E-state index in [-0.39, 0.29) is 0 Å². The van der Waals surface area contributed by atoms with E-state index in [1.807, 2.05) is 13.1 Å². The molecule has 0 saturated heterocycles. The third kappa shape index (κ3) is 7.09. The van der Waals surface area contributed by atoms with Gasteiger partial charge in [0.2, 0.25) is 0 Å². The van der Waals surface area contributed by atoms with Gasteiger partial charge >= 0.3 is 0 Å². The van der Waals surface area contributed by atoms with Crippen LogP contribution < -0.4 is 10.6 Å². The van der Waals surface area contributed by atoms with E-state index in [4.69, 9.17) is 5.41 Å². The van der Waals surface area contributed by atoms with E-state index >= 15 is 0 Å². The van der Waals surface area contributed by atoms with Gasteiger partial charge < -0.3 is 16.0 Å². The van der Waals surface area contributed by atoms with Crippen LogP contribution in [0.5, 0.6) is 0 Å². The van der Waals surface area contributed by atoms with Gasteiger partial charge in [0.1, 0.15) is 0 Å². The average molecular weight is 287 g/mol. The second kappa shape index (κ2) is 10.2. The molecule has 3 N–H and O–H groups in total. The molecule has 0 saturated carbocycles. The van der Waals surface area contributed by atoms with Crippen LogP contribution in [0.2, 0.25) is 0 Å². The van der Waals surface area contributed by atoms with Crippen LogP contribution in [0.25, 0.3) is 0 Å². The fourth-order valence-corrected chi connectivity index (χ4v) is 2.22. The highest BCUT2D eigenvalue weighted by Crippen LogP contribution is 2.13. The summed E-state index contributed by atoms with van der Waals surface area (Å²) in [7, 11) is 0. The van der Waals surface area contributed by atoms with Gasteiger partial charge in [-0.15, -0.1) is 0 Å². The van der Waals surface area contributed by atoms with Crippen LogP contribution in [-0.2, 0) is 0 Å². The zero-order chi connectivity index (χ0) is 15.5. The lowest BCUT2D eigenvalue weighted by Crippen LogP contribution is -2.28. The lowest BCUT2D eigenvalue weighted by atomic mass is 10.0. The molecule has 0 aliphatic heterocycles. The second-order valence-electron chi connectivity index (χ2n) is 5.60. The molecule has 0 fully saturated rings. The molecule has 0 radical (unpaired) electrons. The molecular weight excluding hydrogens is 258 g/mol. The molecule has 116 valence electrons. The van der Waals surface area contributed by atoms with Crippen molar-refractivity contribution in [1.82, 2.24) is 10.6 Å². The summed E-state index contributed by atoms with van der Waals surface area (Å²) >= 11 is 0. The molecule has 21 heavy (non-hydrogen) atoms. The Hall–Kier alpha value is -1.61. The zero-order valence-electron chi connectivity index (χ0n) is 13.4. The van der Waals surface area contributed by atoms with Crippen molar-refractivity contribution in [3.63, 3.8) is 0 Å². The maximum Gasteiger partial charge on any atom is 0.0479 e. The second-order valence-corrected chi connectivity index (χ2v) is 5.60. The topological polar surface area (TPSA) is 47.9 Å². The minimum atomic E-state index is 0.303. The Morgan fingerprint density at radius 1 is 1.48 bits per heavy atom. The minimum Gasteiger partial charge on any atom is -0.384 e. The van der Waals surface area contributed by atoms with Crippen molar-refractivity contribution in [3.05, 3.63) is 47.7 Å². The first-order chi connectivity index (χ1) is 10.2. The number of hydrogen-bond donors (Lipinski definition) is 3. The number of unbranched alkanes of at least 4 members (excludes halogenated alkanes) is 2. The van der Waals surface area contributed by atoms with Crippen molar-refractivity contribution in [2.24, 2.45) is 0 Å². The molecule has 1 aliphatic rings. The van der Waals surface area contributed by atoms with Gasteiger partial charge in [0.25, 0.3) is 0 Å². The maximum atomic E-state index is 7.36. The first-order valence-corrected chi connectivity index (χ1v) is 7.87. The summed E-state index contributed by atoms with van der Waals surface area (Å²) in [6, 6.07) is 0.303. The molecule has 3 nitrogen and oxygen atoms in total. The van der Waals surface area contributed by atoms with E-state index in [0.717, 1.165) is 30.7 Å². The molecule has 0 bridgehead atoms. The van der Waals surface area contributed by atoms with E-state index < -0.39 is 0 Å². The van der Waals surface area contributed by atoms with Crippen molar-refractivity contribution in [1.29, 1.82) is 5.41 Å². The van der Waals surface area contributed by atoms with Gasteiger partial charge in [-0.1, -0.05) is 50.1 Å². The minimum absolute atomic E-state index is 0.303. The molecule has 0 heterocycles. The number of allylic oxidation sites excluding steroid dienone is 4. The van der Waals surface area contributed by atoms with E-state index in [0.29, 0.717) is 6.04 Å². The molecule has 1 unspecified atom stereocenters. The van der Waals surface area contributed by atoms with Gasteiger partial charge in [0.05, 0.1) is 0 Å². The van der Waals surface area contributed by atoms with Crippen molar-refractivity contribution in [2.75, 3.05) is 13.1 Å². The highest BCUT2D eigenvalue weighted by atomic mass is 14.9. The molecule has 0 spiro atoms. The highest BCUT2D eigenvalue weighted by molar-refractivity contribution is 5.81. The Morgan fingerprint density at radius 3 is 2.95 bits per heavy atom. The van der Waals surface area contributed by atoms with Crippen LogP contribution in [0.1, 0.15) is 39.5 Å². The molecule has 1 rings (SSSR count). The smallest absolute Gasteiger partial charge is 0.0479 e. The van der Waals surface area contributed by atoms with Crippen LogP contribution in [0.15, 0.2) is 47.7 Å². The highest BCUT2D eigenvalue weighted by Gasteiger charge is 2.09. The van der Waals surface area contributed by atoms with Crippen LogP contribution >= 0.6 is 0 Å². The molecule has 0 aromatic rings. The lowest BCUT2D eigenvalue weighted by Gasteiger charge is -2.20. The van der Waals surface area contributed by atoms with Gasteiger partial charge in [0.15, 0.2) is 0 Å². The molecular formula is C18H29N3. The van der Waals surface area contributed by atoms with Gasteiger partial charge in [-0.25, -0.2) is 0 Å². The maximum absolute atomic E-state index is 7.36. The predicted octanol–water partition coefficient (Wildman–Crippen LogP) is 3.72. The van der Waals surface area contributed by atoms with Gasteiger partial charge in [-0.3, -0.25) is 0 Å². The molecule has 3 heteroatoms. The first-order valence-electron chi connectivity index (χ1n) is 7.87. The largest absolute Gasteiger partial charge is 0.384 e. The number of nitrogens with one attached hydrogen (secondary N) is 3. The Labute approximate surface area is 129 Å². The summed E-state index contributed by atoms with van der Waals surface area (Å²) in [5.74, 6) is 0. The summed E-state index contributed by atoms with van der Waals surface area (Å²) < 4.78 is 0. The Morgan fingerprint density at radius 2 is 2.29 bits per heavy atom. The molecule has 0 amide bonds. The summed E-state index contributed by atoms with van der Waals surface area (Å²) in [6.45, 7) is 10.1. The monoisotopic (exact) mass is 287 g/mol. The van der Waals surface area contributed by atoms with Crippen molar-refractivity contribution in [3.8, 4) is 0 Å². The Kier molecular flexibility index (Phi) is 8.44. The molecule has 0 aromatic heterocycles. The summed E-state index contributed by atoms with van der Waals surface area (Å²) in [5, 5.41) is 14.2. The fraction of sp³-hybridized carbons (Fsp3) is 0.500. The normalized spacial score (nSPS) is 18.3. The first kappa shape index (κ1) is 17.4. The molecule has 1 aliphatic carbocycles.